The lowest BCUT2D eigenvalue weighted by molar-refractivity contribution is 0.628. The van der Waals surface area contributed by atoms with Crippen LogP contribution in [-0.4, -0.2) is 14.5 Å². The van der Waals surface area contributed by atoms with Gasteiger partial charge in [-0.3, -0.25) is 4.98 Å². The van der Waals surface area contributed by atoms with Crippen LogP contribution >= 0.6 is 0 Å². The Morgan fingerprint density at radius 1 is 1.06 bits per heavy atom. The Labute approximate surface area is 104 Å². The first-order valence-corrected chi connectivity index (χ1v) is 5.53. The normalized spacial score (nSPS) is 10.5. The summed E-state index contributed by atoms with van der Waals surface area (Å²) in [5.74, 6) is -0.245. The largest absolute Gasteiger partial charge is 0.304 e. The summed E-state index contributed by atoms with van der Waals surface area (Å²) in [6, 6.07) is 10.1. The Hall–Kier alpha value is -2.49. The van der Waals surface area contributed by atoms with Crippen LogP contribution in [0.4, 0.5) is 4.39 Å². The molecule has 0 bridgehead atoms. The van der Waals surface area contributed by atoms with Gasteiger partial charge < -0.3 is 4.57 Å². The molecule has 88 valence electrons. The number of benzene rings is 1. The van der Waals surface area contributed by atoms with Gasteiger partial charge in [-0.2, -0.15) is 0 Å². The Morgan fingerprint density at radius 3 is 2.61 bits per heavy atom. The van der Waals surface area contributed by atoms with Crippen LogP contribution in [0.15, 0.2) is 61.3 Å². The van der Waals surface area contributed by atoms with E-state index in [2.05, 4.69) is 9.97 Å². The highest BCUT2D eigenvalue weighted by atomic mass is 19.1. The maximum atomic E-state index is 12.8. The molecule has 4 heteroatoms. The lowest BCUT2D eigenvalue weighted by Gasteiger charge is -1.99. The first kappa shape index (κ1) is 10.7. The fourth-order valence-electron chi connectivity index (χ4n) is 1.74. The first-order chi connectivity index (χ1) is 8.83. The van der Waals surface area contributed by atoms with Gasteiger partial charge in [0, 0.05) is 18.0 Å². The third-order valence-electron chi connectivity index (χ3n) is 2.67. The zero-order valence-electron chi connectivity index (χ0n) is 9.49. The number of rotatable bonds is 2. The van der Waals surface area contributed by atoms with E-state index in [1.165, 1.54) is 12.1 Å². The van der Waals surface area contributed by atoms with Gasteiger partial charge in [-0.1, -0.05) is 0 Å². The van der Waals surface area contributed by atoms with Gasteiger partial charge in [0.2, 0.25) is 0 Å². The van der Waals surface area contributed by atoms with Crippen LogP contribution in [0.1, 0.15) is 0 Å². The van der Waals surface area contributed by atoms with Crippen molar-refractivity contribution in [3.05, 3.63) is 67.1 Å². The van der Waals surface area contributed by atoms with Crippen molar-refractivity contribution in [1.29, 1.82) is 0 Å². The molecule has 2 heterocycles. The molecule has 0 aliphatic carbocycles. The van der Waals surface area contributed by atoms with Gasteiger partial charge in [-0.15, -0.1) is 0 Å². The quantitative estimate of drug-likeness (QED) is 0.688. The molecular weight excluding hydrogens is 229 g/mol. The van der Waals surface area contributed by atoms with Crippen LogP contribution in [0.3, 0.4) is 0 Å². The highest BCUT2D eigenvalue weighted by Crippen LogP contribution is 2.18. The number of nitrogens with zero attached hydrogens (tertiary/aromatic N) is 3. The molecular formula is C14H10FN3. The zero-order chi connectivity index (χ0) is 12.4. The summed E-state index contributed by atoms with van der Waals surface area (Å²) in [6.07, 6.45) is 7.09. The van der Waals surface area contributed by atoms with Crippen molar-refractivity contribution in [2.24, 2.45) is 0 Å². The molecule has 0 saturated heterocycles. The third kappa shape index (κ3) is 2.00. The fourth-order valence-corrected chi connectivity index (χ4v) is 1.74. The molecule has 0 fully saturated rings. The van der Waals surface area contributed by atoms with E-state index in [9.17, 15) is 4.39 Å². The second-order valence-electron chi connectivity index (χ2n) is 3.88. The summed E-state index contributed by atoms with van der Waals surface area (Å²) >= 11 is 0. The van der Waals surface area contributed by atoms with Crippen molar-refractivity contribution in [1.82, 2.24) is 14.5 Å². The molecule has 2 aromatic heterocycles. The zero-order valence-corrected chi connectivity index (χ0v) is 9.49. The van der Waals surface area contributed by atoms with Crippen LogP contribution in [-0.2, 0) is 0 Å². The second-order valence-corrected chi connectivity index (χ2v) is 3.88. The molecule has 0 radical (unpaired) electrons. The maximum absolute atomic E-state index is 12.8. The van der Waals surface area contributed by atoms with Crippen molar-refractivity contribution >= 4 is 0 Å². The fraction of sp³-hybridized carbons (Fsp3) is 0. The van der Waals surface area contributed by atoms with Crippen molar-refractivity contribution in [3.63, 3.8) is 0 Å². The first-order valence-electron chi connectivity index (χ1n) is 5.53. The molecule has 3 nitrogen and oxygen atoms in total. The van der Waals surface area contributed by atoms with Gasteiger partial charge in [0.15, 0.2) is 0 Å². The van der Waals surface area contributed by atoms with Crippen molar-refractivity contribution in [2.75, 3.05) is 0 Å². The summed E-state index contributed by atoms with van der Waals surface area (Å²) < 4.78 is 14.7. The average Bonchev–Trinajstić information content (AvgIpc) is 2.90. The highest BCUT2D eigenvalue weighted by Gasteiger charge is 2.03. The monoisotopic (exact) mass is 239 g/mol. The number of hydrogen-bond acceptors (Lipinski definition) is 2. The highest BCUT2D eigenvalue weighted by molar-refractivity contribution is 5.58. The SMILES string of the molecule is Fc1ccc(-c2cn(-c3cccnc3)cn2)cc1. The molecule has 0 N–H and O–H groups in total. The average molecular weight is 239 g/mol. The molecule has 0 spiro atoms. The summed E-state index contributed by atoms with van der Waals surface area (Å²) in [5, 5.41) is 0. The molecule has 0 aliphatic rings. The second kappa shape index (κ2) is 4.41. The van der Waals surface area contributed by atoms with E-state index in [4.69, 9.17) is 0 Å². The molecule has 1 aromatic carbocycles. The van der Waals surface area contributed by atoms with Crippen molar-refractivity contribution in [3.8, 4) is 16.9 Å². The van der Waals surface area contributed by atoms with Crippen LogP contribution in [0, 0.1) is 5.82 Å². The number of imidazole rings is 1. The minimum atomic E-state index is -0.245. The smallest absolute Gasteiger partial charge is 0.123 e. The van der Waals surface area contributed by atoms with Gasteiger partial charge in [0.25, 0.3) is 0 Å². The molecule has 0 atom stereocenters. The van der Waals surface area contributed by atoms with Crippen LogP contribution in [0.5, 0.6) is 0 Å². The van der Waals surface area contributed by atoms with E-state index in [0.717, 1.165) is 16.9 Å². The Balaban J connectivity index is 1.97. The topological polar surface area (TPSA) is 30.7 Å². The molecule has 3 rings (SSSR count). The van der Waals surface area contributed by atoms with E-state index in [0.29, 0.717) is 0 Å². The van der Waals surface area contributed by atoms with Crippen LogP contribution in [0.2, 0.25) is 0 Å². The standard InChI is InChI=1S/C14H10FN3/c15-12-5-3-11(4-6-12)14-9-18(10-17-14)13-2-1-7-16-8-13/h1-10H. The predicted molar refractivity (Wildman–Crippen MR) is 66.8 cm³/mol. The van der Waals surface area contributed by atoms with E-state index in [-0.39, 0.29) is 5.82 Å². The molecule has 3 aromatic rings. The molecule has 18 heavy (non-hydrogen) atoms. The lowest BCUT2D eigenvalue weighted by atomic mass is 10.2. The van der Waals surface area contributed by atoms with Crippen molar-refractivity contribution < 1.29 is 4.39 Å². The Kier molecular flexibility index (Phi) is 2.61. The van der Waals surface area contributed by atoms with Gasteiger partial charge in [0.1, 0.15) is 5.82 Å². The summed E-state index contributed by atoms with van der Waals surface area (Å²) in [5.41, 5.74) is 2.64. The van der Waals surface area contributed by atoms with Gasteiger partial charge in [0.05, 0.1) is 23.9 Å². The number of aromatic nitrogens is 3. The minimum Gasteiger partial charge on any atom is -0.304 e. The van der Waals surface area contributed by atoms with Crippen LogP contribution < -0.4 is 0 Å². The van der Waals surface area contributed by atoms with E-state index >= 15 is 0 Å². The van der Waals surface area contributed by atoms with E-state index in [1.807, 2.05) is 22.9 Å². The van der Waals surface area contributed by atoms with Gasteiger partial charge in [-0.05, 0) is 36.4 Å². The van der Waals surface area contributed by atoms with Crippen LogP contribution in [0.25, 0.3) is 16.9 Å². The Morgan fingerprint density at radius 2 is 1.89 bits per heavy atom. The number of halogens is 1. The van der Waals surface area contributed by atoms with E-state index < -0.39 is 0 Å². The molecule has 0 saturated carbocycles. The molecule has 0 unspecified atom stereocenters. The van der Waals surface area contributed by atoms with Gasteiger partial charge in [-0.25, -0.2) is 9.37 Å². The summed E-state index contributed by atoms with van der Waals surface area (Å²) in [4.78, 5) is 8.36. The lowest BCUT2D eigenvalue weighted by Crippen LogP contribution is -1.89. The Bertz CT molecular complexity index is 644. The van der Waals surface area contributed by atoms with Gasteiger partial charge >= 0.3 is 0 Å². The molecule has 0 amide bonds. The number of hydrogen-bond donors (Lipinski definition) is 0. The number of pyridine rings is 1. The minimum absolute atomic E-state index is 0.245. The molecule has 0 aliphatic heterocycles. The predicted octanol–water partition coefficient (Wildman–Crippen LogP) is 3.07. The summed E-state index contributed by atoms with van der Waals surface area (Å²) in [7, 11) is 0. The van der Waals surface area contributed by atoms with Crippen molar-refractivity contribution in [2.45, 2.75) is 0 Å². The maximum Gasteiger partial charge on any atom is 0.123 e. The summed E-state index contributed by atoms with van der Waals surface area (Å²) in [6.45, 7) is 0. The third-order valence-corrected chi connectivity index (χ3v) is 2.67. The van der Waals surface area contributed by atoms with E-state index in [1.54, 1.807) is 30.9 Å².